The van der Waals surface area contributed by atoms with E-state index in [0.717, 1.165) is 39.4 Å². The molecule has 0 radical (unpaired) electrons. The SMILES string of the molecule is COc1coc(CN2CCCCC2CN2CCOCC2)cc1=O. The molecule has 0 aliphatic carbocycles. The number of ether oxygens (including phenoxy) is 2. The van der Waals surface area contributed by atoms with E-state index in [1.165, 1.54) is 32.6 Å². The maximum atomic E-state index is 11.9. The number of likely N-dealkylation sites (tertiary alicyclic amines) is 1. The normalized spacial score (nSPS) is 23.8. The van der Waals surface area contributed by atoms with E-state index in [4.69, 9.17) is 13.9 Å². The highest BCUT2D eigenvalue weighted by molar-refractivity contribution is 5.17. The zero-order valence-electron chi connectivity index (χ0n) is 13.8. The molecular weight excluding hydrogens is 296 g/mol. The largest absolute Gasteiger partial charge is 0.490 e. The second kappa shape index (κ2) is 7.95. The van der Waals surface area contributed by atoms with Crippen LogP contribution in [0.15, 0.2) is 21.5 Å². The Bertz CT molecular complexity index is 554. The molecular formula is C17H26N2O4. The van der Waals surface area contributed by atoms with Gasteiger partial charge in [-0.25, -0.2) is 0 Å². The molecule has 128 valence electrons. The lowest BCUT2D eigenvalue weighted by atomic mass is 10.0. The minimum Gasteiger partial charge on any atom is -0.490 e. The van der Waals surface area contributed by atoms with Crippen molar-refractivity contribution in [2.45, 2.75) is 31.8 Å². The van der Waals surface area contributed by atoms with Gasteiger partial charge in [0.25, 0.3) is 0 Å². The van der Waals surface area contributed by atoms with Crippen LogP contribution in [0, 0.1) is 0 Å². The van der Waals surface area contributed by atoms with Crippen LogP contribution in [-0.4, -0.2) is 62.3 Å². The molecule has 23 heavy (non-hydrogen) atoms. The highest BCUT2D eigenvalue weighted by Gasteiger charge is 2.26. The van der Waals surface area contributed by atoms with Gasteiger partial charge in [-0.05, 0) is 19.4 Å². The van der Waals surface area contributed by atoms with Crippen LogP contribution in [0.2, 0.25) is 0 Å². The summed E-state index contributed by atoms with van der Waals surface area (Å²) in [5.41, 5.74) is -0.115. The summed E-state index contributed by atoms with van der Waals surface area (Å²) in [6.45, 7) is 6.52. The van der Waals surface area contributed by atoms with Crippen LogP contribution in [0.5, 0.6) is 5.75 Å². The third-order valence-electron chi connectivity index (χ3n) is 4.75. The molecule has 1 aromatic rings. The summed E-state index contributed by atoms with van der Waals surface area (Å²) in [6, 6.07) is 2.08. The van der Waals surface area contributed by atoms with E-state index in [-0.39, 0.29) is 11.2 Å². The Morgan fingerprint density at radius 3 is 2.83 bits per heavy atom. The molecule has 2 aliphatic heterocycles. The summed E-state index contributed by atoms with van der Waals surface area (Å²) >= 11 is 0. The first-order valence-electron chi connectivity index (χ1n) is 8.46. The molecule has 6 nitrogen and oxygen atoms in total. The van der Waals surface area contributed by atoms with Crippen LogP contribution < -0.4 is 10.2 Å². The van der Waals surface area contributed by atoms with Crippen LogP contribution >= 0.6 is 0 Å². The molecule has 1 aromatic heterocycles. The summed E-state index contributed by atoms with van der Waals surface area (Å²) in [7, 11) is 1.48. The van der Waals surface area contributed by atoms with E-state index in [1.807, 2.05) is 0 Å². The first-order valence-corrected chi connectivity index (χ1v) is 8.46. The number of hydrogen-bond acceptors (Lipinski definition) is 6. The molecule has 1 atom stereocenters. The number of morpholine rings is 1. The molecule has 3 heterocycles. The molecule has 3 rings (SSSR count). The molecule has 2 fully saturated rings. The van der Waals surface area contributed by atoms with Gasteiger partial charge in [0.05, 0.1) is 26.9 Å². The van der Waals surface area contributed by atoms with Crippen molar-refractivity contribution in [1.82, 2.24) is 9.80 Å². The summed E-state index contributed by atoms with van der Waals surface area (Å²) in [5.74, 6) is 0.974. The van der Waals surface area contributed by atoms with Gasteiger partial charge in [0, 0.05) is 31.7 Å². The maximum Gasteiger partial charge on any atom is 0.227 e. The fourth-order valence-electron chi connectivity index (χ4n) is 3.43. The Kier molecular flexibility index (Phi) is 5.70. The van der Waals surface area contributed by atoms with Crippen molar-refractivity contribution in [3.8, 4) is 5.75 Å². The van der Waals surface area contributed by atoms with E-state index in [9.17, 15) is 4.79 Å². The molecule has 0 N–H and O–H groups in total. The van der Waals surface area contributed by atoms with E-state index < -0.39 is 0 Å². The maximum absolute atomic E-state index is 11.9. The molecule has 6 heteroatoms. The zero-order valence-corrected chi connectivity index (χ0v) is 13.8. The predicted molar refractivity (Wildman–Crippen MR) is 86.8 cm³/mol. The Morgan fingerprint density at radius 1 is 1.26 bits per heavy atom. The fraction of sp³-hybridized carbons (Fsp3) is 0.706. The molecule has 1 unspecified atom stereocenters. The minimum absolute atomic E-state index is 0.115. The third-order valence-corrected chi connectivity index (χ3v) is 4.75. The molecule has 0 bridgehead atoms. The number of nitrogens with zero attached hydrogens (tertiary/aromatic N) is 2. The Balaban J connectivity index is 1.63. The van der Waals surface area contributed by atoms with Gasteiger partial charge in [0.2, 0.25) is 11.2 Å². The van der Waals surface area contributed by atoms with E-state index >= 15 is 0 Å². The van der Waals surface area contributed by atoms with Crippen LogP contribution in [0.4, 0.5) is 0 Å². The van der Waals surface area contributed by atoms with Crippen molar-refractivity contribution in [3.63, 3.8) is 0 Å². The predicted octanol–water partition coefficient (Wildman–Crippen LogP) is 1.34. The molecule has 0 saturated carbocycles. The van der Waals surface area contributed by atoms with Gasteiger partial charge in [-0.3, -0.25) is 14.6 Å². The first-order chi connectivity index (χ1) is 11.3. The highest BCUT2D eigenvalue weighted by Crippen LogP contribution is 2.21. The smallest absolute Gasteiger partial charge is 0.227 e. The first kappa shape index (κ1) is 16.5. The van der Waals surface area contributed by atoms with Gasteiger partial charge in [0.15, 0.2) is 0 Å². The van der Waals surface area contributed by atoms with Crippen molar-refractivity contribution in [3.05, 3.63) is 28.3 Å². The van der Waals surface area contributed by atoms with Crippen LogP contribution in [0.3, 0.4) is 0 Å². The standard InChI is InChI=1S/C17H26N2O4/c1-21-17-13-23-15(10-16(17)20)12-19-5-3-2-4-14(19)11-18-6-8-22-9-7-18/h10,13-14H,2-9,11-12H2,1H3. The molecule has 0 amide bonds. The van der Waals surface area contributed by atoms with E-state index in [0.29, 0.717) is 18.3 Å². The lowest BCUT2D eigenvalue weighted by molar-refractivity contribution is 0.0141. The van der Waals surface area contributed by atoms with Gasteiger partial charge in [0.1, 0.15) is 12.0 Å². The number of methoxy groups -OCH3 is 1. The Labute approximate surface area is 137 Å². The average Bonchev–Trinajstić information content (AvgIpc) is 2.58. The van der Waals surface area contributed by atoms with Crippen molar-refractivity contribution in [2.24, 2.45) is 0 Å². The third kappa shape index (κ3) is 4.34. The minimum atomic E-state index is -0.115. The van der Waals surface area contributed by atoms with Crippen molar-refractivity contribution < 1.29 is 13.9 Å². The lowest BCUT2D eigenvalue weighted by Gasteiger charge is -2.39. The van der Waals surface area contributed by atoms with Crippen LogP contribution in [0.25, 0.3) is 0 Å². The summed E-state index contributed by atoms with van der Waals surface area (Å²) in [5, 5.41) is 0. The Hall–Kier alpha value is -1.37. The van der Waals surface area contributed by atoms with Crippen molar-refractivity contribution in [2.75, 3.05) is 46.5 Å². The summed E-state index contributed by atoms with van der Waals surface area (Å²) in [6.07, 6.45) is 5.11. The zero-order chi connectivity index (χ0) is 16.1. The fourth-order valence-corrected chi connectivity index (χ4v) is 3.43. The van der Waals surface area contributed by atoms with Crippen molar-refractivity contribution in [1.29, 1.82) is 0 Å². The highest BCUT2D eigenvalue weighted by atomic mass is 16.5. The molecule has 2 aliphatic rings. The van der Waals surface area contributed by atoms with Crippen molar-refractivity contribution >= 4 is 0 Å². The quantitative estimate of drug-likeness (QED) is 0.815. The second-order valence-electron chi connectivity index (χ2n) is 6.31. The number of rotatable bonds is 5. The summed E-state index contributed by atoms with van der Waals surface area (Å²) in [4.78, 5) is 16.8. The van der Waals surface area contributed by atoms with Crippen LogP contribution in [-0.2, 0) is 11.3 Å². The molecule has 0 aromatic carbocycles. The summed E-state index contributed by atoms with van der Waals surface area (Å²) < 4.78 is 16.0. The van der Waals surface area contributed by atoms with Gasteiger partial charge in [-0.2, -0.15) is 0 Å². The number of piperidine rings is 1. The van der Waals surface area contributed by atoms with Gasteiger partial charge >= 0.3 is 0 Å². The molecule has 0 spiro atoms. The number of hydrogen-bond donors (Lipinski definition) is 0. The average molecular weight is 322 g/mol. The monoisotopic (exact) mass is 322 g/mol. The van der Waals surface area contributed by atoms with E-state index in [1.54, 1.807) is 6.07 Å². The molecule has 2 saturated heterocycles. The second-order valence-corrected chi connectivity index (χ2v) is 6.31. The topological polar surface area (TPSA) is 55.1 Å². The van der Waals surface area contributed by atoms with Gasteiger partial charge in [-0.1, -0.05) is 6.42 Å². The van der Waals surface area contributed by atoms with Gasteiger partial charge < -0.3 is 13.9 Å². The van der Waals surface area contributed by atoms with E-state index in [2.05, 4.69) is 9.80 Å². The van der Waals surface area contributed by atoms with Crippen LogP contribution in [0.1, 0.15) is 25.0 Å². The Morgan fingerprint density at radius 2 is 2.09 bits per heavy atom. The van der Waals surface area contributed by atoms with Gasteiger partial charge in [-0.15, -0.1) is 0 Å². The lowest BCUT2D eigenvalue weighted by Crippen LogP contribution is -2.49.